The first-order chi connectivity index (χ1) is 3.43. The van der Waals surface area contributed by atoms with E-state index >= 15 is 0 Å². The van der Waals surface area contributed by atoms with Gasteiger partial charge in [-0.25, -0.2) is 0 Å². The number of hydrogen-bond donors (Lipinski definition) is 0. The molecule has 1 aromatic heterocycles. The molecule has 0 N–H and O–H groups in total. The summed E-state index contributed by atoms with van der Waals surface area (Å²) in [6, 6.07) is 3.60. The van der Waals surface area contributed by atoms with Gasteiger partial charge in [-0.3, -0.25) is 4.11 Å². The minimum absolute atomic E-state index is 0.629. The molecule has 3 heteroatoms. The van der Waals surface area contributed by atoms with Gasteiger partial charge in [0.05, 0.1) is 0 Å². The second kappa shape index (κ2) is 1.93. The normalized spacial score (nSPS) is 9.29. The largest absolute Gasteiger partial charge is 0.442 e. The lowest BCUT2D eigenvalue weighted by atomic mass is 10.7. The van der Waals surface area contributed by atoms with Crippen LogP contribution in [0, 0.1) is 0 Å². The van der Waals surface area contributed by atoms with Crippen LogP contribution in [0.2, 0.25) is 0 Å². The summed E-state index contributed by atoms with van der Waals surface area (Å²) in [6.07, 6.45) is 3.39. The topological polar surface area (TPSA) is 4.93 Å². The number of hydrogen-bond acceptors (Lipinski definition) is 0. The lowest BCUT2D eigenvalue weighted by Gasteiger charge is -1.82. The zero-order chi connectivity index (χ0) is 5.11. The second-order valence-electron chi connectivity index (χ2n) is 1.17. The van der Waals surface area contributed by atoms with Crippen molar-refractivity contribution < 1.29 is 4.11 Å². The van der Waals surface area contributed by atoms with Crippen molar-refractivity contribution in [3.05, 3.63) is 24.5 Å². The molecule has 0 unspecified atom stereocenters. The molecule has 36 valence electrons. The summed E-state index contributed by atoms with van der Waals surface area (Å²) in [6.45, 7) is 0. The molecule has 0 saturated heterocycles. The number of aromatic nitrogens is 1. The van der Waals surface area contributed by atoms with Crippen molar-refractivity contribution in [1.82, 2.24) is 4.23 Å². The van der Waals surface area contributed by atoms with Crippen LogP contribution in [-0.4, -0.2) is 14.2 Å². The highest BCUT2D eigenvalue weighted by Gasteiger charge is 1.84. The molecule has 0 fully saturated rings. The van der Waals surface area contributed by atoms with E-state index in [1.165, 1.54) is 4.23 Å². The molecule has 0 aliphatic rings. The van der Waals surface area contributed by atoms with Gasteiger partial charge in [0.25, 0.3) is 0 Å². The van der Waals surface area contributed by atoms with Crippen LogP contribution in [0.15, 0.2) is 24.5 Å². The molecule has 0 bridgehead atoms. The first kappa shape index (κ1) is 4.58. The van der Waals surface area contributed by atoms with E-state index in [0.29, 0.717) is 0 Å². The lowest BCUT2D eigenvalue weighted by Crippen LogP contribution is -1.93. The van der Waals surface area contributed by atoms with Gasteiger partial charge in [-0.05, 0) is 24.5 Å². The van der Waals surface area contributed by atoms with Crippen LogP contribution in [0.4, 0.5) is 4.11 Å². The molecule has 1 nitrogen and oxygen atoms in total. The summed E-state index contributed by atoms with van der Waals surface area (Å²) in [4.78, 5) is 0. The van der Waals surface area contributed by atoms with Crippen LogP contribution < -0.4 is 0 Å². The van der Waals surface area contributed by atoms with E-state index in [0.717, 1.165) is 0 Å². The molecular weight excluding hydrogens is 109 g/mol. The number of rotatable bonds is 1. The van der Waals surface area contributed by atoms with Crippen LogP contribution >= 0.6 is 0 Å². The SMILES string of the molecule is F[Si]n1cccc1. The molecule has 1 heterocycles. The molecule has 2 radical (unpaired) electrons. The summed E-state index contributed by atoms with van der Waals surface area (Å²) in [5.74, 6) is 0. The van der Waals surface area contributed by atoms with Gasteiger partial charge in [0.2, 0.25) is 0 Å². The van der Waals surface area contributed by atoms with Crippen molar-refractivity contribution in [1.29, 1.82) is 0 Å². The number of nitrogens with zero attached hydrogens (tertiary/aromatic N) is 1. The van der Waals surface area contributed by atoms with Gasteiger partial charge in [0.15, 0.2) is 0 Å². The van der Waals surface area contributed by atoms with E-state index in [-0.39, 0.29) is 0 Å². The van der Waals surface area contributed by atoms with Crippen LogP contribution in [0.1, 0.15) is 0 Å². The molecular formula is C4H4FNSi. The smallest absolute Gasteiger partial charge is 0.353 e. The monoisotopic (exact) mass is 113 g/mol. The predicted octanol–water partition coefficient (Wildman–Crippen LogP) is 0.840. The zero-order valence-electron chi connectivity index (χ0n) is 3.63. The van der Waals surface area contributed by atoms with E-state index in [1.54, 1.807) is 24.5 Å². The predicted molar refractivity (Wildman–Crippen MR) is 26.7 cm³/mol. The first-order valence-corrected chi connectivity index (χ1v) is 2.75. The Bertz CT molecular complexity index is 126. The van der Waals surface area contributed by atoms with E-state index in [4.69, 9.17) is 0 Å². The molecule has 0 spiro atoms. The van der Waals surface area contributed by atoms with E-state index in [1.807, 2.05) is 0 Å². The maximum absolute atomic E-state index is 11.5. The summed E-state index contributed by atoms with van der Waals surface area (Å²) in [5.41, 5.74) is 0. The molecule has 0 atom stereocenters. The number of halogens is 1. The highest BCUT2D eigenvalue weighted by atomic mass is 28.3. The van der Waals surface area contributed by atoms with Gasteiger partial charge in [0.1, 0.15) is 0 Å². The zero-order valence-corrected chi connectivity index (χ0v) is 4.63. The average Bonchev–Trinajstić information content (AvgIpc) is 2.14. The molecule has 1 aromatic rings. The highest BCUT2D eigenvalue weighted by molar-refractivity contribution is 6.23. The Hall–Kier alpha value is -0.573. The van der Waals surface area contributed by atoms with E-state index in [2.05, 4.69) is 0 Å². The van der Waals surface area contributed by atoms with Crippen molar-refractivity contribution in [2.75, 3.05) is 0 Å². The molecule has 1 rings (SSSR count). The van der Waals surface area contributed by atoms with Gasteiger partial charge < -0.3 is 4.23 Å². The second-order valence-corrected chi connectivity index (χ2v) is 1.86. The quantitative estimate of drug-likeness (QED) is 0.375. The Kier molecular flexibility index (Phi) is 1.26. The molecule has 0 aromatic carbocycles. The molecule has 7 heavy (non-hydrogen) atoms. The fourth-order valence-corrected chi connectivity index (χ4v) is 0.676. The summed E-state index contributed by atoms with van der Waals surface area (Å²) >= 11 is 0. The van der Waals surface area contributed by atoms with Crippen molar-refractivity contribution >= 4 is 10.0 Å². The lowest BCUT2D eigenvalue weighted by molar-refractivity contribution is 0.835. The molecule has 0 aliphatic carbocycles. The Morgan fingerprint density at radius 3 is 2.14 bits per heavy atom. The maximum atomic E-state index is 11.5. The first-order valence-electron chi connectivity index (χ1n) is 1.93. The van der Waals surface area contributed by atoms with Gasteiger partial charge in [-0.15, -0.1) is 0 Å². The Labute approximate surface area is 43.8 Å². The third kappa shape index (κ3) is 0.897. The summed E-state index contributed by atoms with van der Waals surface area (Å²) < 4.78 is 13.0. The van der Waals surface area contributed by atoms with Crippen molar-refractivity contribution in [3.8, 4) is 0 Å². The van der Waals surface area contributed by atoms with Gasteiger partial charge in [-0.2, -0.15) is 0 Å². The van der Waals surface area contributed by atoms with Crippen LogP contribution in [-0.2, 0) is 0 Å². The van der Waals surface area contributed by atoms with E-state index in [9.17, 15) is 4.11 Å². The standard InChI is InChI=1S/C4H4FNSi/c5-7-6-3-1-2-4-6/h1-4H. The molecule has 0 saturated carbocycles. The average molecular weight is 113 g/mol. The molecule has 0 amide bonds. The minimum atomic E-state index is -0.629. The fraction of sp³-hybridized carbons (Fsp3) is 0. The Balaban J connectivity index is 2.76. The minimum Gasteiger partial charge on any atom is -0.353 e. The highest BCUT2D eigenvalue weighted by Crippen LogP contribution is 1.83. The van der Waals surface area contributed by atoms with Crippen molar-refractivity contribution in [2.45, 2.75) is 0 Å². The maximum Gasteiger partial charge on any atom is 0.442 e. The Morgan fingerprint density at radius 2 is 1.86 bits per heavy atom. The molecule has 0 aliphatic heterocycles. The fourth-order valence-electron chi connectivity index (χ4n) is 0.391. The van der Waals surface area contributed by atoms with Gasteiger partial charge >= 0.3 is 10.0 Å². The van der Waals surface area contributed by atoms with Crippen molar-refractivity contribution in [3.63, 3.8) is 0 Å². The van der Waals surface area contributed by atoms with Gasteiger partial charge in [-0.1, -0.05) is 0 Å². The van der Waals surface area contributed by atoms with Gasteiger partial charge in [0, 0.05) is 0 Å². The van der Waals surface area contributed by atoms with E-state index < -0.39 is 10.0 Å². The van der Waals surface area contributed by atoms with Crippen LogP contribution in [0.5, 0.6) is 0 Å². The summed E-state index contributed by atoms with van der Waals surface area (Å²) in [5, 5.41) is 0. The van der Waals surface area contributed by atoms with Crippen molar-refractivity contribution in [2.24, 2.45) is 0 Å². The Morgan fingerprint density at radius 1 is 1.29 bits per heavy atom. The van der Waals surface area contributed by atoms with Crippen LogP contribution in [0.25, 0.3) is 0 Å². The third-order valence-corrected chi connectivity index (χ3v) is 1.20. The summed E-state index contributed by atoms with van der Waals surface area (Å²) in [7, 11) is -0.629. The van der Waals surface area contributed by atoms with Crippen LogP contribution in [0.3, 0.4) is 0 Å². The third-order valence-electron chi connectivity index (χ3n) is 0.702.